The first-order chi connectivity index (χ1) is 6.79. The fourth-order valence-corrected chi connectivity index (χ4v) is 1.47. The van der Waals surface area contributed by atoms with Gasteiger partial charge in [-0.3, -0.25) is 0 Å². The van der Waals surface area contributed by atoms with Gasteiger partial charge in [-0.05, 0) is 25.3 Å². The molecule has 0 saturated carbocycles. The molecule has 0 spiro atoms. The largest absolute Gasteiger partial charge is 0.379 e. The van der Waals surface area contributed by atoms with Crippen molar-refractivity contribution >= 4 is 0 Å². The standard InChI is InChI=1S/C11H23NO2/c1-10(2)4-6-13-7-8-14-11-3-5-12-9-11/h10-12H,3-9H2,1-2H3. The zero-order valence-corrected chi connectivity index (χ0v) is 9.42. The lowest BCUT2D eigenvalue weighted by Gasteiger charge is -2.11. The van der Waals surface area contributed by atoms with E-state index in [1.54, 1.807) is 0 Å². The molecule has 0 amide bonds. The van der Waals surface area contributed by atoms with Crippen molar-refractivity contribution in [1.29, 1.82) is 0 Å². The van der Waals surface area contributed by atoms with Crippen LogP contribution in [0.4, 0.5) is 0 Å². The van der Waals surface area contributed by atoms with Gasteiger partial charge in [-0.25, -0.2) is 0 Å². The van der Waals surface area contributed by atoms with Gasteiger partial charge in [0.2, 0.25) is 0 Å². The predicted octanol–water partition coefficient (Wildman–Crippen LogP) is 1.43. The van der Waals surface area contributed by atoms with Crippen molar-refractivity contribution < 1.29 is 9.47 Å². The second-order valence-electron chi connectivity index (χ2n) is 4.28. The lowest BCUT2D eigenvalue weighted by molar-refractivity contribution is 0.0109. The number of hydrogen-bond acceptors (Lipinski definition) is 3. The maximum Gasteiger partial charge on any atom is 0.0712 e. The Morgan fingerprint density at radius 1 is 1.29 bits per heavy atom. The van der Waals surface area contributed by atoms with E-state index in [2.05, 4.69) is 19.2 Å². The highest BCUT2D eigenvalue weighted by atomic mass is 16.5. The molecule has 1 fully saturated rings. The van der Waals surface area contributed by atoms with Crippen LogP contribution >= 0.6 is 0 Å². The number of hydrogen-bond donors (Lipinski definition) is 1. The molecule has 3 heteroatoms. The summed E-state index contributed by atoms with van der Waals surface area (Å²) in [5.74, 6) is 0.731. The van der Waals surface area contributed by atoms with Crippen LogP contribution in [0.2, 0.25) is 0 Å². The summed E-state index contributed by atoms with van der Waals surface area (Å²) >= 11 is 0. The molecule has 84 valence electrons. The molecule has 0 aromatic carbocycles. The Labute approximate surface area is 87.2 Å². The van der Waals surface area contributed by atoms with Crippen LogP contribution in [-0.4, -0.2) is 39.0 Å². The summed E-state index contributed by atoms with van der Waals surface area (Å²) in [5.41, 5.74) is 0. The highest BCUT2D eigenvalue weighted by molar-refractivity contribution is 4.70. The van der Waals surface area contributed by atoms with Gasteiger partial charge >= 0.3 is 0 Å². The van der Waals surface area contributed by atoms with Gasteiger partial charge in [0, 0.05) is 13.2 Å². The minimum Gasteiger partial charge on any atom is -0.379 e. The summed E-state index contributed by atoms with van der Waals surface area (Å²) < 4.78 is 11.1. The normalized spacial score (nSPS) is 22.1. The molecule has 1 unspecified atom stereocenters. The Morgan fingerprint density at radius 2 is 2.14 bits per heavy atom. The fourth-order valence-electron chi connectivity index (χ4n) is 1.47. The number of rotatable bonds is 7. The van der Waals surface area contributed by atoms with Gasteiger partial charge in [0.15, 0.2) is 0 Å². The molecule has 14 heavy (non-hydrogen) atoms. The average Bonchev–Trinajstić information content (AvgIpc) is 2.63. The minimum atomic E-state index is 0.420. The van der Waals surface area contributed by atoms with Crippen LogP contribution in [0.5, 0.6) is 0 Å². The maximum absolute atomic E-state index is 5.62. The highest BCUT2D eigenvalue weighted by Crippen LogP contribution is 2.03. The monoisotopic (exact) mass is 201 g/mol. The smallest absolute Gasteiger partial charge is 0.0712 e. The van der Waals surface area contributed by atoms with Crippen LogP contribution in [0, 0.1) is 5.92 Å². The summed E-state index contributed by atoms with van der Waals surface area (Å²) in [6.45, 7) is 8.87. The van der Waals surface area contributed by atoms with Gasteiger partial charge in [-0.2, -0.15) is 0 Å². The molecule has 1 saturated heterocycles. The van der Waals surface area contributed by atoms with E-state index in [0.717, 1.165) is 51.7 Å². The molecular weight excluding hydrogens is 178 g/mol. The predicted molar refractivity (Wildman–Crippen MR) is 57.5 cm³/mol. The molecule has 0 radical (unpaired) electrons. The Morgan fingerprint density at radius 3 is 2.79 bits per heavy atom. The quantitative estimate of drug-likeness (QED) is 0.632. The van der Waals surface area contributed by atoms with E-state index in [0.29, 0.717) is 6.10 Å². The second kappa shape index (κ2) is 7.21. The van der Waals surface area contributed by atoms with Gasteiger partial charge in [0.1, 0.15) is 0 Å². The van der Waals surface area contributed by atoms with E-state index in [1.807, 2.05) is 0 Å². The molecule has 1 heterocycles. The van der Waals surface area contributed by atoms with E-state index in [1.165, 1.54) is 0 Å². The Kier molecular flexibility index (Phi) is 6.15. The van der Waals surface area contributed by atoms with Crippen LogP contribution in [0.1, 0.15) is 26.7 Å². The van der Waals surface area contributed by atoms with Crippen molar-refractivity contribution in [2.75, 3.05) is 32.9 Å². The molecule has 1 atom stereocenters. The van der Waals surface area contributed by atoms with Crippen LogP contribution in [0.15, 0.2) is 0 Å². The molecular formula is C11H23NO2. The van der Waals surface area contributed by atoms with Gasteiger partial charge < -0.3 is 14.8 Å². The average molecular weight is 201 g/mol. The van der Waals surface area contributed by atoms with Crippen LogP contribution in [-0.2, 0) is 9.47 Å². The fraction of sp³-hybridized carbons (Fsp3) is 1.00. The number of ether oxygens (including phenoxy) is 2. The second-order valence-corrected chi connectivity index (χ2v) is 4.28. The van der Waals surface area contributed by atoms with Crippen molar-refractivity contribution in [3.8, 4) is 0 Å². The summed E-state index contributed by atoms with van der Waals surface area (Å²) in [5, 5.41) is 3.27. The van der Waals surface area contributed by atoms with E-state index < -0.39 is 0 Å². The van der Waals surface area contributed by atoms with E-state index >= 15 is 0 Å². The molecule has 1 rings (SSSR count). The molecule has 0 bridgehead atoms. The Hall–Kier alpha value is -0.120. The first-order valence-corrected chi connectivity index (χ1v) is 5.69. The summed E-state index contributed by atoms with van der Waals surface area (Å²) in [7, 11) is 0. The third kappa shape index (κ3) is 5.58. The summed E-state index contributed by atoms with van der Waals surface area (Å²) in [6.07, 6.45) is 2.71. The molecule has 1 aliphatic heterocycles. The third-order valence-electron chi connectivity index (χ3n) is 2.44. The van der Waals surface area contributed by atoms with Crippen LogP contribution in [0.3, 0.4) is 0 Å². The van der Waals surface area contributed by atoms with Crippen molar-refractivity contribution in [1.82, 2.24) is 5.32 Å². The van der Waals surface area contributed by atoms with Crippen molar-refractivity contribution in [3.05, 3.63) is 0 Å². The van der Waals surface area contributed by atoms with Crippen LogP contribution < -0.4 is 5.32 Å². The minimum absolute atomic E-state index is 0.420. The topological polar surface area (TPSA) is 30.5 Å². The lowest BCUT2D eigenvalue weighted by atomic mass is 10.1. The molecule has 0 aromatic heterocycles. The molecule has 1 N–H and O–H groups in total. The zero-order chi connectivity index (χ0) is 10.2. The molecule has 0 aliphatic carbocycles. The first-order valence-electron chi connectivity index (χ1n) is 5.69. The lowest BCUT2D eigenvalue weighted by Crippen LogP contribution is -2.19. The molecule has 1 aliphatic rings. The van der Waals surface area contributed by atoms with E-state index in [9.17, 15) is 0 Å². The first kappa shape index (κ1) is 12.0. The van der Waals surface area contributed by atoms with Gasteiger partial charge in [0.25, 0.3) is 0 Å². The Bertz CT molecular complexity index is 133. The third-order valence-corrected chi connectivity index (χ3v) is 2.44. The van der Waals surface area contributed by atoms with Crippen molar-refractivity contribution in [2.45, 2.75) is 32.8 Å². The molecule has 0 aromatic rings. The summed E-state index contributed by atoms with van der Waals surface area (Å²) in [4.78, 5) is 0. The maximum atomic E-state index is 5.62. The zero-order valence-electron chi connectivity index (χ0n) is 9.42. The van der Waals surface area contributed by atoms with Crippen molar-refractivity contribution in [3.63, 3.8) is 0 Å². The number of nitrogens with one attached hydrogen (secondary N) is 1. The highest BCUT2D eigenvalue weighted by Gasteiger charge is 2.13. The summed E-state index contributed by atoms with van der Waals surface area (Å²) in [6, 6.07) is 0. The SMILES string of the molecule is CC(C)CCOCCOC1CCNC1. The van der Waals surface area contributed by atoms with Gasteiger partial charge in [0.05, 0.1) is 19.3 Å². The molecule has 3 nitrogen and oxygen atoms in total. The van der Waals surface area contributed by atoms with Crippen molar-refractivity contribution in [2.24, 2.45) is 5.92 Å². The van der Waals surface area contributed by atoms with Crippen LogP contribution in [0.25, 0.3) is 0 Å². The van der Waals surface area contributed by atoms with E-state index in [-0.39, 0.29) is 0 Å². The van der Waals surface area contributed by atoms with Gasteiger partial charge in [-0.15, -0.1) is 0 Å². The Balaban J connectivity index is 1.79. The van der Waals surface area contributed by atoms with E-state index in [4.69, 9.17) is 9.47 Å². The van der Waals surface area contributed by atoms with Gasteiger partial charge in [-0.1, -0.05) is 13.8 Å².